The summed E-state index contributed by atoms with van der Waals surface area (Å²) in [6, 6.07) is 17.4. The number of hydrogen-bond donors (Lipinski definition) is 2. The lowest BCUT2D eigenvalue weighted by Gasteiger charge is -2.07. The molecule has 20 heavy (non-hydrogen) atoms. The summed E-state index contributed by atoms with van der Waals surface area (Å²) in [4.78, 5) is 0. The quantitative estimate of drug-likeness (QED) is 0.808. The summed E-state index contributed by atoms with van der Waals surface area (Å²) in [6.07, 6.45) is 2.37. The zero-order valence-electron chi connectivity index (χ0n) is 12.2. The molecule has 3 N–H and O–H groups in total. The third kappa shape index (κ3) is 4.48. The van der Waals surface area contributed by atoms with Crippen LogP contribution in [0.2, 0.25) is 0 Å². The molecule has 0 spiro atoms. The first kappa shape index (κ1) is 14.8. The van der Waals surface area contributed by atoms with Crippen LogP contribution in [0.1, 0.15) is 35.6 Å². The van der Waals surface area contributed by atoms with Crippen molar-refractivity contribution in [2.45, 2.75) is 39.4 Å². The molecule has 0 aliphatic rings. The van der Waals surface area contributed by atoms with Crippen LogP contribution in [0.25, 0.3) is 0 Å². The molecule has 2 aromatic rings. The Labute approximate surface area is 122 Å². The maximum atomic E-state index is 5.59. The van der Waals surface area contributed by atoms with E-state index in [2.05, 4.69) is 60.8 Å². The number of benzene rings is 2. The molecule has 0 aliphatic carbocycles. The van der Waals surface area contributed by atoms with E-state index in [4.69, 9.17) is 5.73 Å². The van der Waals surface area contributed by atoms with Crippen LogP contribution in [0, 0.1) is 0 Å². The minimum absolute atomic E-state index is 0.609. The number of hydrogen-bond acceptors (Lipinski definition) is 2. The molecule has 106 valence electrons. The van der Waals surface area contributed by atoms with E-state index >= 15 is 0 Å². The fourth-order valence-electron chi connectivity index (χ4n) is 2.26. The zero-order chi connectivity index (χ0) is 14.2. The predicted octanol–water partition coefficient (Wildman–Crippen LogP) is 3.39. The minimum Gasteiger partial charge on any atom is -0.326 e. The molecule has 0 bridgehead atoms. The van der Waals surface area contributed by atoms with Gasteiger partial charge in [0.2, 0.25) is 0 Å². The molecule has 2 nitrogen and oxygen atoms in total. The van der Waals surface area contributed by atoms with Crippen molar-refractivity contribution in [3.05, 3.63) is 70.8 Å². The highest BCUT2D eigenvalue weighted by molar-refractivity contribution is 5.24. The van der Waals surface area contributed by atoms with Gasteiger partial charge in [-0.05, 0) is 28.7 Å². The van der Waals surface area contributed by atoms with Crippen molar-refractivity contribution in [2.75, 3.05) is 0 Å². The minimum atomic E-state index is 0.609. The Kier molecular flexibility index (Phi) is 5.78. The van der Waals surface area contributed by atoms with Crippen molar-refractivity contribution in [3.63, 3.8) is 0 Å². The molecule has 0 amide bonds. The molecule has 0 fully saturated rings. The van der Waals surface area contributed by atoms with Gasteiger partial charge in [-0.25, -0.2) is 0 Å². The molecule has 0 saturated carbocycles. The topological polar surface area (TPSA) is 38.0 Å². The number of nitrogens with two attached hydrogens (primary N) is 1. The summed E-state index contributed by atoms with van der Waals surface area (Å²) < 4.78 is 0. The smallest absolute Gasteiger partial charge is 0.0208 e. The van der Waals surface area contributed by atoms with Gasteiger partial charge in [0.25, 0.3) is 0 Å². The van der Waals surface area contributed by atoms with Gasteiger partial charge in [0, 0.05) is 19.6 Å². The van der Waals surface area contributed by atoms with Crippen LogP contribution in [0.15, 0.2) is 48.5 Å². The largest absolute Gasteiger partial charge is 0.326 e. The first-order valence-corrected chi connectivity index (χ1v) is 7.38. The summed E-state index contributed by atoms with van der Waals surface area (Å²) in [5.41, 5.74) is 10.8. The molecule has 0 aromatic heterocycles. The normalized spacial score (nSPS) is 10.7. The van der Waals surface area contributed by atoms with Crippen LogP contribution in [0.3, 0.4) is 0 Å². The third-order valence-electron chi connectivity index (χ3n) is 3.48. The molecule has 0 aliphatic heterocycles. The SMILES string of the molecule is CCCc1ccc(CNCc2ccc(CN)cc2)cc1. The van der Waals surface area contributed by atoms with Crippen LogP contribution in [0.5, 0.6) is 0 Å². The molecule has 0 radical (unpaired) electrons. The van der Waals surface area contributed by atoms with Gasteiger partial charge in [0.1, 0.15) is 0 Å². The second-order valence-corrected chi connectivity index (χ2v) is 5.19. The lowest BCUT2D eigenvalue weighted by Crippen LogP contribution is -2.12. The van der Waals surface area contributed by atoms with Gasteiger partial charge in [-0.2, -0.15) is 0 Å². The lowest BCUT2D eigenvalue weighted by molar-refractivity contribution is 0.693. The van der Waals surface area contributed by atoms with Gasteiger partial charge in [-0.1, -0.05) is 61.9 Å². The van der Waals surface area contributed by atoms with Crippen molar-refractivity contribution in [2.24, 2.45) is 5.73 Å². The third-order valence-corrected chi connectivity index (χ3v) is 3.48. The Hall–Kier alpha value is -1.64. The Morgan fingerprint density at radius 2 is 1.20 bits per heavy atom. The highest BCUT2D eigenvalue weighted by Gasteiger charge is 1.96. The average Bonchev–Trinajstić information content (AvgIpc) is 2.50. The van der Waals surface area contributed by atoms with Gasteiger partial charge < -0.3 is 11.1 Å². The Balaban J connectivity index is 1.79. The molecule has 0 unspecified atom stereocenters. The van der Waals surface area contributed by atoms with Gasteiger partial charge in [0.05, 0.1) is 0 Å². The van der Waals surface area contributed by atoms with Crippen LogP contribution < -0.4 is 11.1 Å². The molecular weight excluding hydrogens is 244 g/mol. The van der Waals surface area contributed by atoms with Crippen LogP contribution in [0.4, 0.5) is 0 Å². The molecule has 0 heterocycles. The first-order chi connectivity index (χ1) is 9.81. The molecule has 0 atom stereocenters. The molecule has 0 saturated heterocycles. The van der Waals surface area contributed by atoms with Gasteiger partial charge in [0.15, 0.2) is 0 Å². The van der Waals surface area contributed by atoms with Gasteiger partial charge >= 0.3 is 0 Å². The molecular formula is C18H24N2. The summed E-state index contributed by atoms with van der Waals surface area (Å²) in [5.74, 6) is 0. The maximum absolute atomic E-state index is 5.59. The van der Waals surface area contributed by atoms with E-state index in [-0.39, 0.29) is 0 Å². The van der Waals surface area contributed by atoms with E-state index in [1.165, 1.54) is 35.1 Å². The van der Waals surface area contributed by atoms with Crippen molar-refractivity contribution in [1.82, 2.24) is 5.32 Å². The van der Waals surface area contributed by atoms with E-state index in [9.17, 15) is 0 Å². The van der Waals surface area contributed by atoms with E-state index in [0.717, 1.165) is 13.1 Å². The van der Waals surface area contributed by atoms with Gasteiger partial charge in [-0.3, -0.25) is 0 Å². The standard InChI is InChI=1S/C18H24N2/c1-2-3-15-4-8-17(9-5-15)13-20-14-18-10-6-16(12-19)7-11-18/h4-11,20H,2-3,12-14,19H2,1H3. The second-order valence-electron chi connectivity index (χ2n) is 5.19. The van der Waals surface area contributed by atoms with Crippen LogP contribution in [-0.4, -0.2) is 0 Å². The van der Waals surface area contributed by atoms with E-state index in [0.29, 0.717) is 6.54 Å². The van der Waals surface area contributed by atoms with Crippen molar-refractivity contribution >= 4 is 0 Å². The predicted molar refractivity (Wildman–Crippen MR) is 85.3 cm³/mol. The first-order valence-electron chi connectivity index (χ1n) is 7.38. The fraction of sp³-hybridized carbons (Fsp3) is 0.333. The Morgan fingerprint density at radius 3 is 1.65 bits per heavy atom. The van der Waals surface area contributed by atoms with Crippen molar-refractivity contribution in [3.8, 4) is 0 Å². The molecule has 2 heteroatoms. The molecule has 2 aromatic carbocycles. The number of aryl methyl sites for hydroxylation is 1. The monoisotopic (exact) mass is 268 g/mol. The summed E-state index contributed by atoms with van der Waals surface area (Å²) in [5, 5.41) is 3.48. The Bertz CT molecular complexity index is 500. The van der Waals surface area contributed by atoms with E-state index in [1.54, 1.807) is 0 Å². The Morgan fingerprint density at radius 1 is 0.750 bits per heavy atom. The van der Waals surface area contributed by atoms with E-state index in [1.807, 2.05) is 0 Å². The van der Waals surface area contributed by atoms with Crippen molar-refractivity contribution in [1.29, 1.82) is 0 Å². The second kappa shape index (κ2) is 7.83. The lowest BCUT2D eigenvalue weighted by atomic mass is 10.1. The average molecular weight is 268 g/mol. The number of rotatable bonds is 7. The van der Waals surface area contributed by atoms with Gasteiger partial charge in [-0.15, -0.1) is 0 Å². The van der Waals surface area contributed by atoms with Crippen LogP contribution in [-0.2, 0) is 26.1 Å². The van der Waals surface area contributed by atoms with Crippen molar-refractivity contribution < 1.29 is 0 Å². The zero-order valence-corrected chi connectivity index (χ0v) is 12.2. The maximum Gasteiger partial charge on any atom is 0.0208 e. The highest BCUT2D eigenvalue weighted by atomic mass is 14.8. The van der Waals surface area contributed by atoms with Crippen LogP contribution >= 0.6 is 0 Å². The molecule has 2 rings (SSSR count). The van der Waals surface area contributed by atoms with E-state index < -0.39 is 0 Å². The number of nitrogens with one attached hydrogen (secondary N) is 1. The summed E-state index contributed by atoms with van der Waals surface area (Å²) >= 11 is 0. The summed E-state index contributed by atoms with van der Waals surface area (Å²) in [6.45, 7) is 4.62. The fourth-order valence-corrected chi connectivity index (χ4v) is 2.26. The highest BCUT2D eigenvalue weighted by Crippen LogP contribution is 2.07. The summed E-state index contributed by atoms with van der Waals surface area (Å²) in [7, 11) is 0.